The quantitative estimate of drug-likeness (QED) is 0.279. The first kappa shape index (κ1) is 20.4. The fourth-order valence-electron chi connectivity index (χ4n) is 3.57. The summed E-state index contributed by atoms with van der Waals surface area (Å²) >= 11 is 0. The second-order valence-corrected chi connectivity index (χ2v) is 7.38. The van der Waals surface area contributed by atoms with E-state index in [1.807, 2.05) is 0 Å². The van der Waals surface area contributed by atoms with E-state index in [0.717, 1.165) is 30.6 Å². The Kier molecular flexibility index (Phi) is 11.4. The Balaban J connectivity index is 2.21. The molecule has 2 nitrogen and oxygen atoms in total. The molecule has 2 heteroatoms. The molecular weight excluding hydrogens is 284 g/mol. The first-order valence-electron chi connectivity index (χ1n) is 9.81. The van der Waals surface area contributed by atoms with Crippen molar-refractivity contribution in [3.05, 3.63) is 24.3 Å². The van der Waals surface area contributed by atoms with Crippen LogP contribution in [0.25, 0.3) is 0 Å². The summed E-state index contributed by atoms with van der Waals surface area (Å²) in [6.45, 7) is 4.64. The number of aliphatic hydroxyl groups excluding tert-OH is 1. The summed E-state index contributed by atoms with van der Waals surface area (Å²) in [4.78, 5) is 0. The van der Waals surface area contributed by atoms with E-state index in [9.17, 15) is 0 Å². The van der Waals surface area contributed by atoms with Crippen LogP contribution in [0.15, 0.2) is 24.3 Å². The van der Waals surface area contributed by atoms with Gasteiger partial charge in [-0.25, -0.2) is 0 Å². The molecular formula is C21H38O2. The van der Waals surface area contributed by atoms with E-state index in [2.05, 4.69) is 38.2 Å². The van der Waals surface area contributed by atoms with E-state index in [1.165, 1.54) is 51.4 Å². The molecule has 134 valence electrons. The van der Waals surface area contributed by atoms with Crippen LogP contribution >= 0.6 is 0 Å². The summed E-state index contributed by atoms with van der Waals surface area (Å²) in [6, 6.07) is 0. The van der Waals surface area contributed by atoms with Gasteiger partial charge in [-0.2, -0.15) is 0 Å². The molecule has 1 rings (SSSR count). The highest BCUT2D eigenvalue weighted by atomic mass is 16.5. The van der Waals surface area contributed by atoms with Gasteiger partial charge in [0.05, 0.1) is 0 Å². The maximum Gasteiger partial charge on any atom is 0.151 e. The molecule has 1 unspecified atom stereocenters. The third-order valence-electron chi connectivity index (χ3n) is 5.13. The largest absolute Gasteiger partial charge is 0.368 e. The summed E-state index contributed by atoms with van der Waals surface area (Å²) in [5, 5.41) is 17.6. The third kappa shape index (κ3) is 9.99. The molecule has 0 aliphatic heterocycles. The molecule has 0 bridgehead atoms. The van der Waals surface area contributed by atoms with Crippen LogP contribution in [0.3, 0.4) is 0 Å². The standard InChI is InChI=1S/C21H38O2/c1-3-4-11-18(2)12-9-14-20-16-10-15-19(20)13-7-5-6-8-17-21(22)23/h5,7,9,14,18-23H,3-4,6,8,10-13,15-17H2,1-2H3/t18?,19-,20-/m0/s1. The molecule has 23 heavy (non-hydrogen) atoms. The zero-order valence-electron chi connectivity index (χ0n) is 15.3. The fraction of sp³-hybridized carbons (Fsp3) is 0.810. The van der Waals surface area contributed by atoms with Crippen molar-refractivity contribution < 1.29 is 10.2 Å². The average molecular weight is 323 g/mol. The average Bonchev–Trinajstić information content (AvgIpc) is 2.96. The molecule has 0 aromatic heterocycles. The Hall–Kier alpha value is -0.600. The van der Waals surface area contributed by atoms with Crippen LogP contribution in [0.1, 0.15) is 84.5 Å². The summed E-state index contributed by atoms with van der Waals surface area (Å²) in [7, 11) is 0. The van der Waals surface area contributed by atoms with Crippen LogP contribution in [-0.2, 0) is 0 Å². The molecule has 3 atom stereocenters. The Morgan fingerprint density at radius 2 is 1.87 bits per heavy atom. The van der Waals surface area contributed by atoms with E-state index >= 15 is 0 Å². The van der Waals surface area contributed by atoms with Crippen molar-refractivity contribution in [2.24, 2.45) is 17.8 Å². The molecule has 0 spiro atoms. The summed E-state index contributed by atoms with van der Waals surface area (Å²) < 4.78 is 0. The maximum atomic E-state index is 8.81. The number of aliphatic hydroxyl groups is 2. The lowest BCUT2D eigenvalue weighted by molar-refractivity contribution is -0.0460. The topological polar surface area (TPSA) is 40.5 Å². The molecule has 2 N–H and O–H groups in total. The van der Waals surface area contributed by atoms with Gasteiger partial charge in [-0.3, -0.25) is 0 Å². The van der Waals surface area contributed by atoms with E-state index < -0.39 is 6.29 Å². The molecule has 0 aromatic rings. The monoisotopic (exact) mass is 322 g/mol. The van der Waals surface area contributed by atoms with Crippen molar-refractivity contribution in [1.29, 1.82) is 0 Å². The Bertz CT molecular complexity index is 333. The summed E-state index contributed by atoms with van der Waals surface area (Å²) in [5.41, 5.74) is 0. The predicted octanol–water partition coefficient (Wildman–Crippen LogP) is 5.60. The maximum absolute atomic E-state index is 8.81. The minimum absolute atomic E-state index is 0.481. The molecule has 1 aliphatic carbocycles. The number of rotatable bonds is 12. The lowest BCUT2D eigenvalue weighted by Gasteiger charge is -2.14. The second-order valence-electron chi connectivity index (χ2n) is 7.38. The highest BCUT2D eigenvalue weighted by molar-refractivity contribution is 4.98. The van der Waals surface area contributed by atoms with Crippen LogP contribution in [-0.4, -0.2) is 16.5 Å². The Morgan fingerprint density at radius 3 is 2.61 bits per heavy atom. The van der Waals surface area contributed by atoms with Gasteiger partial charge in [-0.15, -0.1) is 0 Å². The van der Waals surface area contributed by atoms with Gasteiger partial charge in [0.25, 0.3) is 0 Å². The Morgan fingerprint density at radius 1 is 1.04 bits per heavy atom. The van der Waals surface area contributed by atoms with Crippen molar-refractivity contribution in [2.75, 3.05) is 0 Å². The van der Waals surface area contributed by atoms with Gasteiger partial charge in [0.15, 0.2) is 6.29 Å². The highest BCUT2D eigenvalue weighted by Crippen LogP contribution is 2.35. The predicted molar refractivity (Wildman–Crippen MR) is 99.1 cm³/mol. The van der Waals surface area contributed by atoms with Gasteiger partial charge in [0.1, 0.15) is 0 Å². The van der Waals surface area contributed by atoms with E-state index in [0.29, 0.717) is 6.42 Å². The number of allylic oxidation sites excluding steroid dienone is 4. The Labute approximate surface area is 143 Å². The number of hydrogen-bond acceptors (Lipinski definition) is 2. The first-order chi connectivity index (χ1) is 11.1. The lowest BCUT2D eigenvalue weighted by Crippen LogP contribution is -2.04. The van der Waals surface area contributed by atoms with Crippen LogP contribution in [0.4, 0.5) is 0 Å². The smallest absolute Gasteiger partial charge is 0.151 e. The zero-order chi connectivity index (χ0) is 16.9. The van der Waals surface area contributed by atoms with Crippen LogP contribution < -0.4 is 0 Å². The molecule has 0 heterocycles. The molecule has 0 radical (unpaired) electrons. The SMILES string of the molecule is CCCCC(C)CC=C[C@H]1CCC[C@@H]1CC=CCCCC(O)O. The van der Waals surface area contributed by atoms with Gasteiger partial charge < -0.3 is 10.2 Å². The fourth-order valence-corrected chi connectivity index (χ4v) is 3.57. The lowest BCUT2D eigenvalue weighted by atomic mass is 9.91. The van der Waals surface area contributed by atoms with Crippen molar-refractivity contribution in [1.82, 2.24) is 0 Å². The normalized spacial score (nSPS) is 23.5. The van der Waals surface area contributed by atoms with E-state index in [-0.39, 0.29) is 0 Å². The molecule has 1 saturated carbocycles. The minimum atomic E-state index is -1.15. The van der Waals surface area contributed by atoms with Crippen molar-refractivity contribution >= 4 is 0 Å². The van der Waals surface area contributed by atoms with Gasteiger partial charge >= 0.3 is 0 Å². The van der Waals surface area contributed by atoms with Gasteiger partial charge in [0.2, 0.25) is 0 Å². The first-order valence-corrected chi connectivity index (χ1v) is 9.81. The van der Waals surface area contributed by atoms with Gasteiger partial charge in [-0.05, 0) is 62.7 Å². The summed E-state index contributed by atoms with van der Waals surface area (Å²) in [5.74, 6) is 2.42. The van der Waals surface area contributed by atoms with Gasteiger partial charge in [0, 0.05) is 0 Å². The zero-order valence-corrected chi connectivity index (χ0v) is 15.3. The second kappa shape index (κ2) is 12.8. The van der Waals surface area contributed by atoms with E-state index in [1.54, 1.807) is 0 Å². The summed E-state index contributed by atoms with van der Waals surface area (Å²) in [6.07, 6.45) is 21.2. The van der Waals surface area contributed by atoms with Crippen molar-refractivity contribution in [3.63, 3.8) is 0 Å². The molecule has 0 aromatic carbocycles. The highest BCUT2D eigenvalue weighted by Gasteiger charge is 2.23. The molecule has 0 amide bonds. The van der Waals surface area contributed by atoms with Gasteiger partial charge in [-0.1, -0.05) is 63.8 Å². The van der Waals surface area contributed by atoms with Crippen LogP contribution in [0.2, 0.25) is 0 Å². The molecule has 0 saturated heterocycles. The minimum Gasteiger partial charge on any atom is -0.368 e. The van der Waals surface area contributed by atoms with Crippen LogP contribution in [0.5, 0.6) is 0 Å². The van der Waals surface area contributed by atoms with E-state index in [4.69, 9.17) is 10.2 Å². The number of hydrogen-bond donors (Lipinski definition) is 2. The molecule has 1 aliphatic rings. The van der Waals surface area contributed by atoms with Crippen LogP contribution in [0, 0.1) is 17.8 Å². The molecule has 1 fully saturated rings. The third-order valence-corrected chi connectivity index (χ3v) is 5.13. The van der Waals surface area contributed by atoms with Crippen molar-refractivity contribution in [2.45, 2.75) is 90.8 Å². The number of unbranched alkanes of at least 4 members (excludes halogenated alkanes) is 2. The van der Waals surface area contributed by atoms with Crippen molar-refractivity contribution in [3.8, 4) is 0 Å².